The van der Waals surface area contributed by atoms with E-state index in [4.69, 9.17) is 5.26 Å². The summed E-state index contributed by atoms with van der Waals surface area (Å²) in [6.07, 6.45) is -2.03. The molecule has 2 heterocycles. The van der Waals surface area contributed by atoms with Gasteiger partial charge >= 0.3 is 6.18 Å². The number of alkyl halides is 3. The number of ether oxygens (including phenoxy) is 1. The van der Waals surface area contributed by atoms with E-state index in [2.05, 4.69) is 20.0 Å². The number of anilines is 1. The van der Waals surface area contributed by atoms with E-state index < -0.39 is 18.7 Å². The Hall–Kier alpha value is -3.15. The lowest BCUT2D eigenvalue weighted by atomic mass is 10.3. The van der Waals surface area contributed by atoms with Crippen LogP contribution < -0.4 is 10.1 Å². The summed E-state index contributed by atoms with van der Waals surface area (Å²) in [6.45, 7) is -1.53. The number of amides is 1. The summed E-state index contributed by atoms with van der Waals surface area (Å²) in [7, 11) is 0. The fourth-order valence-electron chi connectivity index (χ4n) is 1.55. The lowest BCUT2D eigenvalue weighted by Crippen LogP contribution is -2.22. The van der Waals surface area contributed by atoms with Gasteiger partial charge in [-0.3, -0.25) is 4.79 Å². The van der Waals surface area contributed by atoms with Crippen LogP contribution in [-0.2, 0) is 0 Å². The number of hydrogen-bond donors (Lipinski definition) is 1. The first-order valence-corrected chi connectivity index (χ1v) is 6.21. The molecule has 0 atom stereocenters. The lowest BCUT2D eigenvalue weighted by molar-refractivity contribution is -0.153. The molecule has 2 rings (SSSR count). The maximum atomic E-state index is 12.2. The maximum absolute atomic E-state index is 12.2. The quantitative estimate of drug-likeness (QED) is 0.934. The van der Waals surface area contributed by atoms with Crippen molar-refractivity contribution in [3.8, 4) is 11.8 Å². The van der Waals surface area contributed by atoms with Crippen molar-refractivity contribution in [1.82, 2.24) is 9.97 Å². The Labute approximate surface area is 128 Å². The number of nitrogens with zero attached hydrogens (tertiary/aromatic N) is 3. The highest BCUT2D eigenvalue weighted by atomic mass is 19.4. The van der Waals surface area contributed by atoms with Crippen LogP contribution in [0.5, 0.6) is 5.75 Å². The Morgan fingerprint density at radius 1 is 1.30 bits per heavy atom. The lowest BCUT2D eigenvalue weighted by Gasteiger charge is -2.12. The summed E-state index contributed by atoms with van der Waals surface area (Å²) in [6, 6.07) is 7.24. The molecule has 0 aromatic carbocycles. The third kappa shape index (κ3) is 4.67. The third-order valence-electron chi connectivity index (χ3n) is 2.51. The van der Waals surface area contributed by atoms with Gasteiger partial charge in [-0.05, 0) is 24.3 Å². The second kappa shape index (κ2) is 6.74. The van der Waals surface area contributed by atoms with Crippen LogP contribution in [0.3, 0.4) is 0 Å². The Bertz CT molecular complexity index is 739. The summed E-state index contributed by atoms with van der Waals surface area (Å²) >= 11 is 0. The largest absolute Gasteiger partial charge is 0.482 e. The minimum atomic E-state index is -4.53. The van der Waals surface area contributed by atoms with Gasteiger partial charge in [-0.1, -0.05) is 0 Å². The highest BCUT2D eigenvalue weighted by Crippen LogP contribution is 2.21. The van der Waals surface area contributed by atoms with Crippen molar-refractivity contribution in [2.24, 2.45) is 0 Å². The first-order valence-electron chi connectivity index (χ1n) is 6.21. The molecule has 0 aliphatic heterocycles. The van der Waals surface area contributed by atoms with Crippen LogP contribution in [0.15, 0.2) is 36.7 Å². The predicted molar refractivity (Wildman–Crippen MR) is 72.7 cm³/mol. The summed E-state index contributed by atoms with van der Waals surface area (Å²) in [5.41, 5.74) is -0.00190. The molecule has 118 valence electrons. The fraction of sp³-hybridized carbons (Fsp3) is 0.143. The van der Waals surface area contributed by atoms with E-state index in [-0.39, 0.29) is 17.3 Å². The summed E-state index contributed by atoms with van der Waals surface area (Å²) in [5, 5.41) is 11.0. The first-order chi connectivity index (χ1) is 10.9. The van der Waals surface area contributed by atoms with E-state index >= 15 is 0 Å². The Kier molecular flexibility index (Phi) is 4.75. The molecule has 6 nitrogen and oxygen atoms in total. The van der Waals surface area contributed by atoms with Gasteiger partial charge in [0.15, 0.2) is 18.1 Å². The van der Waals surface area contributed by atoms with Gasteiger partial charge in [-0.15, -0.1) is 0 Å². The van der Waals surface area contributed by atoms with Crippen molar-refractivity contribution in [2.45, 2.75) is 6.18 Å². The average molecular weight is 322 g/mol. The number of rotatable bonds is 4. The Morgan fingerprint density at radius 2 is 2.09 bits per heavy atom. The van der Waals surface area contributed by atoms with E-state index in [0.29, 0.717) is 5.56 Å². The molecular formula is C14H9F3N4O2. The summed E-state index contributed by atoms with van der Waals surface area (Å²) in [5.74, 6) is -0.947. The van der Waals surface area contributed by atoms with Crippen LogP contribution >= 0.6 is 0 Å². The first kappa shape index (κ1) is 16.2. The molecule has 23 heavy (non-hydrogen) atoms. The second-order valence-corrected chi connectivity index (χ2v) is 4.25. The van der Waals surface area contributed by atoms with Gasteiger partial charge in [0.2, 0.25) is 0 Å². The molecule has 0 saturated heterocycles. The molecule has 0 radical (unpaired) electrons. The molecule has 2 aromatic heterocycles. The SMILES string of the molecule is N#Cc1ccc(NC(=O)c2ncccc2OCC(F)(F)F)nc1. The topological polar surface area (TPSA) is 87.9 Å². The number of pyridine rings is 2. The zero-order valence-corrected chi connectivity index (χ0v) is 11.5. The van der Waals surface area contributed by atoms with Gasteiger partial charge in [0.05, 0.1) is 5.56 Å². The zero-order chi connectivity index (χ0) is 16.9. The minimum absolute atomic E-state index is 0.126. The monoisotopic (exact) mass is 322 g/mol. The van der Waals surface area contributed by atoms with Crippen LogP contribution in [0.25, 0.3) is 0 Å². The zero-order valence-electron chi connectivity index (χ0n) is 11.5. The third-order valence-corrected chi connectivity index (χ3v) is 2.51. The Morgan fingerprint density at radius 3 is 2.70 bits per heavy atom. The van der Waals surface area contributed by atoms with Gasteiger partial charge in [-0.2, -0.15) is 18.4 Å². The van der Waals surface area contributed by atoms with Crippen molar-refractivity contribution in [3.05, 3.63) is 47.9 Å². The number of hydrogen-bond acceptors (Lipinski definition) is 5. The van der Waals surface area contributed by atoms with Crippen LogP contribution in [0, 0.1) is 11.3 Å². The van der Waals surface area contributed by atoms with Gasteiger partial charge in [0.1, 0.15) is 11.9 Å². The number of carbonyl (C=O) groups is 1. The standard InChI is InChI=1S/C14H9F3N4O2/c15-14(16,17)8-23-10-2-1-5-19-12(10)13(22)21-11-4-3-9(6-18)7-20-11/h1-5,7H,8H2,(H,20,21,22). The maximum Gasteiger partial charge on any atom is 0.422 e. The van der Waals surface area contributed by atoms with Crippen LogP contribution in [0.4, 0.5) is 19.0 Å². The molecule has 0 spiro atoms. The van der Waals surface area contributed by atoms with Crippen molar-refractivity contribution in [2.75, 3.05) is 11.9 Å². The summed E-state index contributed by atoms with van der Waals surface area (Å²) < 4.78 is 41.2. The highest BCUT2D eigenvalue weighted by Gasteiger charge is 2.29. The van der Waals surface area contributed by atoms with Crippen LogP contribution in [0.2, 0.25) is 0 Å². The van der Waals surface area contributed by atoms with Crippen LogP contribution in [0.1, 0.15) is 16.1 Å². The van der Waals surface area contributed by atoms with Gasteiger partial charge in [0, 0.05) is 12.4 Å². The number of carbonyl (C=O) groups excluding carboxylic acids is 1. The molecule has 0 aliphatic carbocycles. The molecule has 9 heteroatoms. The highest BCUT2D eigenvalue weighted by molar-refractivity contribution is 6.04. The average Bonchev–Trinajstić information content (AvgIpc) is 2.53. The van der Waals surface area contributed by atoms with Crippen molar-refractivity contribution in [1.29, 1.82) is 5.26 Å². The molecule has 1 amide bonds. The van der Waals surface area contributed by atoms with E-state index in [9.17, 15) is 18.0 Å². The van der Waals surface area contributed by atoms with Crippen molar-refractivity contribution < 1.29 is 22.7 Å². The number of halogens is 3. The van der Waals surface area contributed by atoms with E-state index in [1.165, 1.54) is 36.7 Å². The molecule has 1 N–H and O–H groups in total. The number of aromatic nitrogens is 2. The van der Waals surface area contributed by atoms with Crippen LogP contribution in [-0.4, -0.2) is 28.7 Å². The molecule has 0 fully saturated rings. The predicted octanol–water partition coefficient (Wildman–Crippen LogP) is 2.54. The van der Waals surface area contributed by atoms with E-state index in [1.807, 2.05) is 6.07 Å². The molecule has 0 unspecified atom stereocenters. The molecule has 0 bridgehead atoms. The molecule has 0 aliphatic rings. The molecule has 2 aromatic rings. The number of nitriles is 1. The van der Waals surface area contributed by atoms with Gasteiger partial charge in [0.25, 0.3) is 5.91 Å². The number of nitrogens with one attached hydrogen (secondary N) is 1. The second-order valence-electron chi connectivity index (χ2n) is 4.25. The Balaban J connectivity index is 2.14. The van der Waals surface area contributed by atoms with Crippen molar-refractivity contribution in [3.63, 3.8) is 0 Å². The smallest absolute Gasteiger partial charge is 0.422 e. The summed E-state index contributed by atoms with van der Waals surface area (Å²) in [4.78, 5) is 19.6. The van der Waals surface area contributed by atoms with Gasteiger partial charge in [-0.25, -0.2) is 9.97 Å². The van der Waals surface area contributed by atoms with E-state index in [1.54, 1.807) is 0 Å². The van der Waals surface area contributed by atoms with Crippen molar-refractivity contribution >= 4 is 11.7 Å². The van der Waals surface area contributed by atoms with E-state index in [0.717, 1.165) is 0 Å². The fourth-order valence-corrected chi connectivity index (χ4v) is 1.55. The van der Waals surface area contributed by atoms with Gasteiger partial charge < -0.3 is 10.1 Å². The molecular weight excluding hydrogens is 313 g/mol. The minimum Gasteiger partial charge on any atom is -0.482 e. The molecule has 0 saturated carbocycles. The normalized spacial score (nSPS) is 10.7.